The molecule has 1 heterocycles. The molecular formula is C19H32N2. The summed E-state index contributed by atoms with van der Waals surface area (Å²) in [6.45, 7) is 17.2. The van der Waals surface area contributed by atoms with Crippen LogP contribution in [0.4, 0.5) is 0 Å². The molecule has 1 fully saturated rings. The van der Waals surface area contributed by atoms with Gasteiger partial charge in [0.25, 0.3) is 0 Å². The molecule has 1 aliphatic rings. The van der Waals surface area contributed by atoms with Crippen molar-refractivity contribution in [1.82, 2.24) is 10.2 Å². The van der Waals surface area contributed by atoms with Gasteiger partial charge >= 0.3 is 0 Å². The maximum Gasteiger partial charge on any atom is 0.0307 e. The fourth-order valence-corrected chi connectivity index (χ4v) is 3.32. The van der Waals surface area contributed by atoms with Gasteiger partial charge in [-0.25, -0.2) is 0 Å². The summed E-state index contributed by atoms with van der Waals surface area (Å²) in [7, 11) is 0. The number of nitrogens with one attached hydrogen (secondary N) is 1. The molecule has 1 N–H and O–H groups in total. The number of rotatable bonds is 4. The van der Waals surface area contributed by atoms with Crippen molar-refractivity contribution in [3.05, 3.63) is 34.9 Å². The van der Waals surface area contributed by atoms with Crippen LogP contribution in [0.25, 0.3) is 0 Å². The third-order valence-electron chi connectivity index (χ3n) is 5.49. The minimum Gasteiger partial charge on any atom is -0.311 e. The minimum atomic E-state index is 0.264. The smallest absolute Gasteiger partial charge is 0.0307 e. The fraction of sp³-hybridized carbons (Fsp3) is 0.684. The SMILES string of the molecule is CCC1(C)CNC(C(C)C)CN1Cc1c(C)cccc1C. The van der Waals surface area contributed by atoms with Gasteiger partial charge in [0.1, 0.15) is 0 Å². The Morgan fingerprint density at radius 2 is 1.90 bits per heavy atom. The summed E-state index contributed by atoms with van der Waals surface area (Å²) in [6, 6.07) is 7.26. The van der Waals surface area contributed by atoms with E-state index >= 15 is 0 Å². The van der Waals surface area contributed by atoms with Crippen LogP contribution >= 0.6 is 0 Å². The Kier molecular flexibility index (Phi) is 5.11. The number of hydrogen-bond acceptors (Lipinski definition) is 2. The van der Waals surface area contributed by atoms with Crippen molar-refractivity contribution in [1.29, 1.82) is 0 Å². The lowest BCUT2D eigenvalue weighted by atomic mass is 9.88. The maximum absolute atomic E-state index is 3.76. The molecule has 0 spiro atoms. The van der Waals surface area contributed by atoms with Crippen molar-refractivity contribution in [3.8, 4) is 0 Å². The predicted octanol–water partition coefficient (Wildman–Crippen LogP) is 3.90. The predicted molar refractivity (Wildman–Crippen MR) is 91.7 cm³/mol. The fourth-order valence-electron chi connectivity index (χ4n) is 3.32. The standard InChI is InChI=1S/C19H32N2/c1-7-19(6)13-20-18(14(2)3)12-21(19)11-17-15(4)9-8-10-16(17)5/h8-10,14,18,20H,7,11-13H2,1-6H3. The van der Waals surface area contributed by atoms with E-state index in [0.29, 0.717) is 12.0 Å². The number of piperazine rings is 1. The van der Waals surface area contributed by atoms with Crippen LogP contribution in [0.2, 0.25) is 0 Å². The lowest BCUT2D eigenvalue weighted by Gasteiger charge is -2.49. The van der Waals surface area contributed by atoms with E-state index in [2.05, 4.69) is 70.0 Å². The van der Waals surface area contributed by atoms with Gasteiger partial charge in [0.05, 0.1) is 0 Å². The first kappa shape index (κ1) is 16.5. The van der Waals surface area contributed by atoms with Crippen LogP contribution in [0.3, 0.4) is 0 Å². The first-order valence-corrected chi connectivity index (χ1v) is 8.41. The van der Waals surface area contributed by atoms with Gasteiger partial charge < -0.3 is 5.32 Å². The van der Waals surface area contributed by atoms with Gasteiger partial charge in [-0.15, -0.1) is 0 Å². The van der Waals surface area contributed by atoms with Crippen LogP contribution < -0.4 is 5.32 Å². The van der Waals surface area contributed by atoms with Gasteiger partial charge in [-0.3, -0.25) is 4.90 Å². The molecule has 2 rings (SSSR count). The zero-order valence-electron chi connectivity index (χ0n) is 14.7. The van der Waals surface area contributed by atoms with Crippen LogP contribution in [0.5, 0.6) is 0 Å². The van der Waals surface area contributed by atoms with Crippen molar-refractivity contribution >= 4 is 0 Å². The van der Waals surface area contributed by atoms with E-state index in [0.717, 1.165) is 19.6 Å². The Morgan fingerprint density at radius 1 is 1.29 bits per heavy atom. The molecule has 118 valence electrons. The van der Waals surface area contributed by atoms with E-state index in [9.17, 15) is 0 Å². The first-order chi connectivity index (χ1) is 9.87. The molecule has 0 aliphatic carbocycles. The average Bonchev–Trinajstić information content (AvgIpc) is 2.44. The average molecular weight is 288 g/mol. The van der Waals surface area contributed by atoms with E-state index in [4.69, 9.17) is 0 Å². The molecule has 2 atom stereocenters. The molecule has 2 heteroatoms. The molecular weight excluding hydrogens is 256 g/mol. The van der Waals surface area contributed by atoms with Crippen molar-refractivity contribution in [3.63, 3.8) is 0 Å². The van der Waals surface area contributed by atoms with Gasteiger partial charge in [0, 0.05) is 31.2 Å². The Labute approximate surface area is 130 Å². The summed E-state index contributed by atoms with van der Waals surface area (Å²) < 4.78 is 0. The van der Waals surface area contributed by atoms with Gasteiger partial charge in [0.15, 0.2) is 0 Å². The summed E-state index contributed by atoms with van der Waals surface area (Å²) in [5, 5.41) is 3.76. The molecule has 1 aromatic carbocycles. The molecule has 1 saturated heterocycles. The Morgan fingerprint density at radius 3 is 2.43 bits per heavy atom. The maximum atomic E-state index is 3.76. The lowest BCUT2D eigenvalue weighted by Crippen LogP contribution is -2.63. The van der Waals surface area contributed by atoms with Crippen molar-refractivity contribution in [2.45, 2.75) is 66.1 Å². The third kappa shape index (κ3) is 3.49. The zero-order chi connectivity index (χ0) is 15.6. The highest BCUT2D eigenvalue weighted by Gasteiger charge is 2.37. The van der Waals surface area contributed by atoms with Gasteiger partial charge in [-0.1, -0.05) is 39.0 Å². The Bertz CT molecular complexity index is 460. The number of hydrogen-bond donors (Lipinski definition) is 1. The van der Waals surface area contributed by atoms with Crippen molar-refractivity contribution < 1.29 is 0 Å². The second-order valence-corrected chi connectivity index (χ2v) is 7.33. The summed E-state index contributed by atoms with van der Waals surface area (Å²) in [4.78, 5) is 2.71. The highest BCUT2D eigenvalue weighted by Crippen LogP contribution is 2.28. The quantitative estimate of drug-likeness (QED) is 0.904. The molecule has 1 aliphatic heterocycles. The summed E-state index contributed by atoms with van der Waals surface area (Å²) in [5.41, 5.74) is 4.63. The van der Waals surface area contributed by atoms with Crippen LogP contribution in [0.1, 0.15) is 50.8 Å². The van der Waals surface area contributed by atoms with Crippen molar-refractivity contribution in [2.24, 2.45) is 5.92 Å². The first-order valence-electron chi connectivity index (χ1n) is 8.41. The highest BCUT2D eigenvalue weighted by atomic mass is 15.3. The number of benzene rings is 1. The van der Waals surface area contributed by atoms with E-state index in [1.165, 1.54) is 23.1 Å². The second kappa shape index (κ2) is 6.50. The molecule has 1 aromatic rings. The van der Waals surface area contributed by atoms with Crippen molar-refractivity contribution in [2.75, 3.05) is 13.1 Å². The van der Waals surface area contributed by atoms with Gasteiger partial charge in [-0.2, -0.15) is 0 Å². The molecule has 0 radical (unpaired) electrons. The van der Waals surface area contributed by atoms with Crippen LogP contribution in [0, 0.1) is 19.8 Å². The summed E-state index contributed by atoms with van der Waals surface area (Å²) >= 11 is 0. The Balaban J connectivity index is 2.24. The molecule has 0 amide bonds. The number of aryl methyl sites for hydroxylation is 2. The van der Waals surface area contributed by atoms with Gasteiger partial charge in [0.2, 0.25) is 0 Å². The largest absolute Gasteiger partial charge is 0.311 e. The molecule has 0 bridgehead atoms. The minimum absolute atomic E-state index is 0.264. The molecule has 21 heavy (non-hydrogen) atoms. The topological polar surface area (TPSA) is 15.3 Å². The highest BCUT2D eigenvalue weighted by molar-refractivity contribution is 5.33. The molecule has 0 saturated carbocycles. The molecule has 0 aromatic heterocycles. The monoisotopic (exact) mass is 288 g/mol. The summed E-state index contributed by atoms with van der Waals surface area (Å²) in [6.07, 6.45) is 1.19. The molecule has 2 nitrogen and oxygen atoms in total. The van der Waals surface area contributed by atoms with E-state index < -0.39 is 0 Å². The van der Waals surface area contributed by atoms with E-state index in [1.54, 1.807) is 0 Å². The zero-order valence-corrected chi connectivity index (χ0v) is 14.7. The van der Waals surface area contributed by atoms with Crippen LogP contribution in [-0.2, 0) is 6.54 Å². The molecule has 2 unspecified atom stereocenters. The second-order valence-electron chi connectivity index (χ2n) is 7.33. The van der Waals surface area contributed by atoms with Crippen LogP contribution in [-0.4, -0.2) is 29.6 Å². The lowest BCUT2D eigenvalue weighted by molar-refractivity contribution is 0.0314. The van der Waals surface area contributed by atoms with Crippen LogP contribution in [0.15, 0.2) is 18.2 Å². The summed E-state index contributed by atoms with van der Waals surface area (Å²) in [5.74, 6) is 0.687. The van der Waals surface area contributed by atoms with E-state index in [-0.39, 0.29) is 5.54 Å². The Hall–Kier alpha value is -0.860. The van der Waals surface area contributed by atoms with E-state index in [1.807, 2.05) is 0 Å². The number of nitrogens with zero attached hydrogens (tertiary/aromatic N) is 1. The van der Waals surface area contributed by atoms with Gasteiger partial charge in [-0.05, 0) is 49.8 Å². The normalized spacial score (nSPS) is 27.3. The third-order valence-corrected chi connectivity index (χ3v) is 5.49.